The van der Waals surface area contributed by atoms with Gasteiger partial charge in [-0.3, -0.25) is 33.6 Å². The second-order valence-corrected chi connectivity index (χ2v) is 19.8. The highest BCUT2D eigenvalue weighted by Gasteiger charge is 2.68. The van der Waals surface area contributed by atoms with E-state index in [1.165, 1.54) is 0 Å². The van der Waals surface area contributed by atoms with Gasteiger partial charge in [-0.25, -0.2) is 0 Å². The molecule has 3 unspecified atom stereocenters. The average Bonchev–Trinajstić information content (AvgIpc) is 3.72. The van der Waals surface area contributed by atoms with Crippen molar-refractivity contribution < 1.29 is 69.3 Å². The molecule has 0 radical (unpaired) electrons. The summed E-state index contributed by atoms with van der Waals surface area (Å²) in [5.74, 6) is -10.6. The number of nitrogens with one attached hydrogen (secondary N) is 4. The van der Waals surface area contributed by atoms with Gasteiger partial charge in [-0.05, 0) is 73.5 Å². The van der Waals surface area contributed by atoms with Crippen LogP contribution in [0.4, 0.5) is 0 Å². The van der Waals surface area contributed by atoms with Gasteiger partial charge in [0, 0.05) is 94.6 Å². The maximum atomic E-state index is 13.0. The second-order valence-electron chi connectivity index (χ2n) is 19.8. The molecule has 3 fully saturated rings. The Balaban J connectivity index is 1.91. The first-order chi connectivity index (χ1) is 28.6. The SMILES string of the molecule is C[C@@H]1C2=C(CCC(=O)O)C(C)(C)/C(=C/C3N/C(=C\C4N[C@@](C)([C@@H]5NC1[C@](C)(CCC(=O)O)[C@H]5CC(=O)O)[C@@](C)(CC(=O)O)[C@@H]4CCC(=O)O)[C@@](C)(CC(=O)O)[C@@H]3CCC(=O)O)N2. The number of allylic oxidation sites excluding steroid dienone is 2. The number of carbonyl (C=O) groups is 7. The molecule has 3 saturated heterocycles. The molecule has 0 aliphatic carbocycles. The molecule has 18 heteroatoms. The maximum Gasteiger partial charge on any atom is 0.304 e. The van der Waals surface area contributed by atoms with Crippen LogP contribution in [0.25, 0.3) is 0 Å². The van der Waals surface area contributed by atoms with Crippen LogP contribution in [0.1, 0.15) is 119 Å². The molecule has 18 nitrogen and oxygen atoms in total. The molecule has 5 aliphatic heterocycles. The fraction of sp³-hybridized carbons (Fsp3) is 0.705. The molecule has 0 aromatic heterocycles. The molecule has 5 aliphatic rings. The fourth-order valence-electron chi connectivity index (χ4n) is 12.5. The van der Waals surface area contributed by atoms with Crippen molar-refractivity contribution in [1.82, 2.24) is 21.3 Å². The van der Waals surface area contributed by atoms with Gasteiger partial charge in [0.1, 0.15) is 0 Å². The third kappa shape index (κ3) is 8.68. The number of carboxylic acid groups (broad SMARTS) is 7. The van der Waals surface area contributed by atoms with Gasteiger partial charge in [0.2, 0.25) is 0 Å². The highest BCUT2D eigenvalue weighted by atomic mass is 16.4. The first-order valence-corrected chi connectivity index (χ1v) is 21.4. The molecule has 62 heavy (non-hydrogen) atoms. The van der Waals surface area contributed by atoms with Crippen LogP contribution in [0, 0.1) is 45.3 Å². The Hall–Kier alpha value is -4.97. The summed E-state index contributed by atoms with van der Waals surface area (Å²) in [4.78, 5) is 87.6. The lowest BCUT2D eigenvalue weighted by atomic mass is 9.56. The van der Waals surface area contributed by atoms with Crippen molar-refractivity contribution in [2.75, 3.05) is 0 Å². The van der Waals surface area contributed by atoms with E-state index in [9.17, 15) is 69.3 Å². The number of aliphatic carboxylic acids is 7. The molecule has 0 spiro atoms. The first-order valence-electron chi connectivity index (χ1n) is 21.4. The van der Waals surface area contributed by atoms with E-state index in [4.69, 9.17) is 0 Å². The lowest BCUT2D eigenvalue weighted by Gasteiger charge is -2.49. The van der Waals surface area contributed by atoms with Gasteiger partial charge in [-0.2, -0.15) is 0 Å². The Morgan fingerprint density at radius 2 is 1.16 bits per heavy atom. The highest BCUT2D eigenvalue weighted by molar-refractivity contribution is 5.71. The van der Waals surface area contributed by atoms with Crippen molar-refractivity contribution in [2.45, 2.75) is 149 Å². The van der Waals surface area contributed by atoms with Gasteiger partial charge in [-0.1, -0.05) is 41.5 Å². The molecule has 344 valence electrons. The number of carboxylic acids is 7. The molecule has 11 N–H and O–H groups in total. The third-order valence-corrected chi connectivity index (χ3v) is 15.9. The lowest BCUT2D eigenvalue weighted by molar-refractivity contribution is -0.144. The Bertz CT molecular complexity index is 1980. The summed E-state index contributed by atoms with van der Waals surface area (Å²) >= 11 is 0. The Morgan fingerprint density at radius 1 is 0.613 bits per heavy atom. The van der Waals surface area contributed by atoms with Crippen LogP contribution >= 0.6 is 0 Å². The topological polar surface area (TPSA) is 309 Å². The molecule has 5 rings (SSSR count). The maximum absolute atomic E-state index is 13.0. The Labute approximate surface area is 360 Å². The van der Waals surface area contributed by atoms with Crippen molar-refractivity contribution in [3.8, 4) is 0 Å². The van der Waals surface area contributed by atoms with E-state index < -0.39 is 136 Å². The molecule has 8 bridgehead atoms. The minimum absolute atomic E-state index is 0.0217. The molecular formula is C44H64N4O14. The summed E-state index contributed by atoms with van der Waals surface area (Å²) in [5.41, 5.74) is -3.40. The smallest absolute Gasteiger partial charge is 0.304 e. The second kappa shape index (κ2) is 17.3. The fourth-order valence-corrected chi connectivity index (χ4v) is 12.5. The zero-order valence-corrected chi connectivity index (χ0v) is 36.5. The van der Waals surface area contributed by atoms with E-state index in [2.05, 4.69) is 21.3 Å². The summed E-state index contributed by atoms with van der Waals surface area (Å²) in [6.45, 7) is 12.9. The predicted molar refractivity (Wildman–Crippen MR) is 221 cm³/mol. The van der Waals surface area contributed by atoms with Gasteiger partial charge in [0.25, 0.3) is 0 Å². The van der Waals surface area contributed by atoms with Crippen LogP contribution in [0.5, 0.6) is 0 Å². The van der Waals surface area contributed by atoms with E-state index in [0.29, 0.717) is 17.1 Å². The zero-order chi connectivity index (χ0) is 46.5. The largest absolute Gasteiger partial charge is 0.481 e. The standard InChI is InChI=1S/C44H64N4O14/c1-21-37-24(10-13-32(53)54)40(2,3)28(46-37)17-26-22(8-11-30(49)50)42(5,19-35(59)60)29(45-26)18-27-23(9-12-31(51)52)43(6,20-36(61)62)44(7,48-27)39-25(16-34(57)58)41(4,38(21)47-39)15-14-33(55)56/h17-18,21-23,25-27,38-39,45-48H,8-16,19-20H2,1-7H3,(H,49,50)(H,51,52)(H,53,54)(H,55,56)(H,57,58)(H,59,60)(H,61,62)/b28-17-,29-18-/t21-,22-,23-,25+,26?,27?,38?,39-,41-,42+,43+,44+/m1/s1. The van der Waals surface area contributed by atoms with E-state index in [1.54, 1.807) is 26.8 Å². The van der Waals surface area contributed by atoms with Crippen molar-refractivity contribution in [3.63, 3.8) is 0 Å². The molecule has 0 aromatic carbocycles. The van der Waals surface area contributed by atoms with Crippen molar-refractivity contribution in [1.29, 1.82) is 0 Å². The van der Waals surface area contributed by atoms with Gasteiger partial charge in [0.15, 0.2) is 0 Å². The Morgan fingerprint density at radius 3 is 1.69 bits per heavy atom. The van der Waals surface area contributed by atoms with Gasteiger partial charge < -0.3 is 57.0 Å². The summed E-state index contributed by atoms with van der Waals surface area (Å²) in [7, 11) is 0. The molecule has 0 aromatic rings. The first kappa shape index (κ1) is 48.1. The lowest BCUT2D eigenvalue weighted by Crippen LogP contribution is -2.64. The van der Waals surface area contributed by atoms with Crippen LogP contribution in [0.15, 0.2) is 34.8 Å². The third-order valence-electron chi connectivity index (χ3n) is 15.9. The van der Waals surface area contributed by atoms with Crippen LogP contribution in [-0.2, 0) is 33.6 Å². The van der Waals surface area contributed by atoms with E-state index in [-0.39, 0.29) is 51.4 Å². The summed E-state index contributed by atoms with van der Waals surface area (Å²) in [6, 6.07) is -3.03. The summed E-state index contributed by atoms with van der Waals surface area (Å²) in [5, 5.41) is 86.1. The molecular weight excluding hydrogens is 808 g/mol. The van der Waals surface area contributed by atoms with Crippen molar-refractivity contribution in [2.24, 2.45) is 45.3 Å². The van der Waals surface area contributed by atoms with Crippen LogP contribution < -0.4 is 21.3 Å². The normalized spacial score (nSPS) is 38.6. The molecule has 0 saturated carbocycles. The summed E-state index contributed by atoms with van der Waals surface area (Å²) in [6.07, 6.45) is 1.30. The Kier molecular flexibility index (Phi) is 13.4. The minimum atomic E-state index is -1.36. The highest BCUT2D eigenvalue weighted by Crippen LogP contribution is 2.61. The van der Waals surface area contributed by atoms with Gasteiger partial charge >= 0.3 is 41.8 Å². The molecule has 12 atom stereocenters. The minimum Gasteiger partial charge on any atom is -0.481 e. The number of rotatable bonds is 18. The zero-order valence-electron chi connectivity index (χ0n) is 36.5. The van der Waals surface area contributed by atoms with E-state index in [0.717, 1.165) is 5.57 Å². The van der Waals surface area contributed by atoms with Crippen molar-refractivity contribution in [3.05, 3.63) is 34.8 Å². The summed E-state index contributed by atoms with van der Waals surface area (Å²) < 4.78 is 0. The predicted octanol–water partition coefficient (Wildman–Crippen LogP) is 4.08. The van der Waals surface area contributed by atoms with Crippen molar-refractivity contribution >= 4 is 41.8 Å². The quantitative estimate of drug-likeness (QED) is 0.0924. The van der Waals surface area contributed by atoms with Crippen LogP contribution in [-0.4, -0.2) is 107 Å². The average molecular weight is 873 g/mol. The van der Waals surface area contributed by atoms with E-state index >= 15 is 0 Å². The monoisotopic (exact) mass is 872 g/mol. The number of hydrogen-bond donors (Lipinski definition) is 11. The van der Waals surface area contributed by atoms with Crippen LogP contribution in [0.3, 0.4) is 0 Å². The van der Waals surface area contributed by atoms with Crippen LogP contribution in [0.2, 0.25) is 0 Å². The molecule has 0 amide bonds. The van der Waals surface area contributed by atoms with Gasteiger partial charge in [0.05, 0.1) is 19.3 Å². The van der Waals surface area contributed by atoms with Gasteiger partial charge in [-0.15, -0.1) is 0 Å². The van der Waals surface area contributed by atoms with E-state index in [1.807, 2.05) is 33.8 Å². The number of hydrogen-bond acceptors (Lipinski definition) is 11. The molecule has 5 heterocycles. The number of fused-ring (bicyclic) bond motifs is 9.